The van der Waals surface area contributed by atoms with E-state index in [9.17, 15) is 9.18 Å². The summed E-state index contributed by atoms with van der Waals surface area (Å²) < 4.78 is 27.5. The highest BCUT2D eigenvalue weighted by atomic mass is 35.5. The highest BCUT2D eigenvalue weighted by molar-refractivity contribution is 5.85. The first-order chi connectivity index (χ1) is 18.1. The fourth-order valence-electron chi connectivity index (χ4n) is 6.86. The molecule has 3 saturated heterocycles. The zero-order chi connectivity index (χ0) is 25.3. The number of quaternary nitrogens is 1. The van der Waals surface area contributed by atoms with E-state index < -0.39 is 5.41 Å². The molecule has 1 saturated carbocycles. The molecule has 0 N–H and O–H groups in total. The molecule has 3 aliphatic heterocycles. The van der Waals surface area contributed by atoms with Gasteiger partial charge in [0.15, 0.2) is 12.6 Å². The Hall–Kier alpha value is -2.77. The van der Waals surface area contributed by atoms with Gasteiger partial charge < -0.3 is 13.6 Å². The van der Waals surface area contributed by atoms with E-state index in [1.54, 1.807) is 6.07 Å². The summed E-state index contributed by atoms with van der Waals surface area (Å²) in [4.78, 5) is 14.0. The lowest BCUT2D eigenvalue weighted by Gasteiger charge is -2.51. The minimum Gasteiger partial charge on any atom is -0.455 e. The smallest absolute Gasteiger partial charge is 0.317 e. The lowest BCUT2D eigenvalue weighted by molar-refractivity contribution is -0.959. The Bertz CT molecular complexity index is 1230. The number of carbonyl (C=O) groups is 1. The van der Waals surface area contributed by atoms with Crippen molar-refractivity contribution in [1.29, 1.82) is 0 Å². The van der Waals surface area contributed by atoms with Crippen molar-refractivity contribution in [3.05, 3.63) is 71.9 Å². The molecule has 3 aromatic rings. The van der Waals surface area contributed by atoms with Crippen LogP contribution in [0.1, 0.15) is 62.8 Å². The number of fused-ring (bicyclic) bond motifs is 3. The maximum atomic E-state index is 14.2. The Morgan fingerprint density at radius 2 is 1.74 bits per heavy atom. The molecule has 4 heterocycles. The molecule has 1 atom stereocenters. The molecule has 0 radical (unpaired) electrons. The van der Waals surface area contributed by atoms with Gasteiger partial charge in [-0.1, -0.05) is 56.0 Å². The number of nitrogens with zero attached hydrogens (tertiary/aromatic N) is 3. The van der Waals surface area contributed by atoms with Crippen molar-refractivity contribution in [3.63, 3.8) is 0 Å². The monoisotopic (exact) mass is 540 g/mol. The molecular formula is C30H36ClFN3O3+. The molecule has 0 amide bonds. The van der Waals surface area contributed by atoms with E-state index in [1.807, 2.05) is 36.4 Å². The fraction of sp³-hybridized carbons (Fsp3) is 0.500. The number of carbonyl (C=O) groups excluding carboxylic acids is 1. The third-order valence-electron chi connectivity index (χ3n) is 8.98. The summed E-state index contributed by atoms with van der Waals surface area (Å²) in [5, 5.41) is 8.62. The van der Waals surface area contributed by atoms with Crippen LogP contribution in [-0.4, -0.2) is 46.4 Å². The van der Waals surface area contributed by atoms with Crippen LogP contribution < -0.4 is 0 Å². The number of aromatic nitrogens is 2. The third kappa shape index (κ3) is 5.23. The Morgan fingerprint density at radius 1 is 1.00 bits per heavy atom. The topological polar surface area (TPSA) is 65.2 Å². The number of benzene rings is 2. The normalized spacial score (nSPS) is 26.2. The highest BCUT2D eigenvalue weighted by Gasteiger charge is 2.51. The summed E-state index contributed by atoms with van der Waals surface area (Å²) in [6.45, 7) is 3.46. The summed E-state index contributed by atoms with van der Waals surface area (Å²) in [7, 11) is 0. The van der Waals surface area contributed by atoms with E-state index >= 15 is 0 Å². The Morgan fingerprint density at radius 3 is 2.45 bits per heavy atom. The number of hydrogen-bond acceptors (Lipinski definition) is 5. The van der Waals surface area contributed by atoms with Crippen LogP contribution in [0.2, 0.25) is 0 Å². The maximum Gasteiger partial charge on any atom is 0.317 e. The van der Waals surface area contributed by atoms with Crippen LogP contribution in [-0.2, 0) is 21.5 Å². The molecule has 7 rings (SSSR count). The van der Waals surface area contributed by atoms with Gasteiger partial charge in [0.25, 0.3) is 5.89 Å². The largest absolute Gasteiger partial charge is 0.455 e. The Labute approximate surface area is 229 Å². The minimum atomic E-state index is -0.757. The quantitative estimate of drug-likeness (QED) is 0.210. The van der Waals surface area contributed by atoms with E-state index in [1.165, 1.54) is 12.1 Å². The van der Waals surface area contributed by atoms with Gasteiger partial charge >= 0.3 is 5.97 Å². The SMILES string of the molecule is Cl.O=C(O[C@H]1C[N+]2(Cc3nnc(-c4ccccc4)o3)CCC1CC2)C1(c2cccc(F)c2)CCCCCC1. The molecule has 8 heteroatoms. The van der Waals surface area contributed by atoms with Crippen molar-refractivity contribution in [3.8, 4) is 11.5 Å². The van der Waals surface area contributed by atoms with Gasteiger partial charge in [-0.15, -0.1) is 22.6 Å². The van der Waals surface area contributed by atoms with Crippen molar-refractivity contribution in [1.82, 2.24) is 10.2 Å². The van der Waals surface area contributed by atoms with Crippen LogP contribution >= 0.6 is 12.4 Å². The molecule has 202 valence electrons. The van der Waals surface area contributed by atoms with Gasteiger partial charge in [-0.05, 0) is 42.7 Å². The number of piperidine rings is 3. The first-order valence-corrected chi connectivity index (χ1v) is 13.8. The summed E-state index contributed by atoms with van der Waals surface area (Å²) in [5.74, 6) is 1.08. The standard InChI is InChI=1S/C30H35FN3O3.ClH/c31-25-12-8-11-24(19-25)30(15-6-1-2-7-16-30)29(35)36-26-20-34(17-13-22(26)14-18-34)21-27-32-33-28(37-27)23-9-4-3-5-10-23;/h3-5,8-12,19,22,26H,1-2,6-7,13-18,20-21H2;1H/q+1;/t22?,26-,34?;/m0./s1. The predicted octanol–water partition coefficient (Wildman–Crippen LogP) is 6.24. The molecule has 0 unspecified atom stereocenters. The second-order valence-corrected chi connectivity index (χ2v) is 11.3. The molecule has 1 aromatic heterocycles. The molecule has 4 aliphatic rings. The van der Waals surface area contributed by atoms with E-state index in [-0.39, 0.29) is 30.3 Å². The van der Waals surface area contributed by atoms with Crippen LogP contribution in [0.3, 0.4) is 0 Å². The minimum absolute atomic E-state index is 0. The molecular weight excluding hydrogens is 505 g/mol. The summed E-state index contributed by atoms with van der Waals surface area (Å²) in [6, 6.07) is 16.4. The van der Waals surface area contributed by atoms with Crippen LogP contribution in [0, 0.1) is 11.7 Å². The van der Waals surface area contributed by atoms with Crippen LogP contribution in [0.25, 0.3) is 11.5 Å². The van der Waals surface area contributed by atoms with E-state index in [0.717, 1.165) is 86.6 Å². The number of esters is 1. The molecule has 2 bridgehead atoms. The zero-order valence-corrected chi connectivity index (χ0v) is 22.5. The third-order valence-corrected chi connectivity index (χ3v) is 8.98. The van der Waals surface area contributed by atoms with Crippen molar-refractivity contribution >= 4 is 18.4 Å². The molecule has 0 spiro atoms. The summed E-state index contributed by atoms with van der Waals surface area (Å²) in [6.07, 6.45) is 7.46. The average Bonchev–Trinajstić information content (AvgIpc) is 3.23. The van der Waals surface area contributed by atoms with Crippen LogP contribution in [0.4, 0.5) is 4.39 Å². The molecule has 1 aliphatic carbocycles. The second-order valence-electron chi connectivity index (χ2n) is 11.3. The van der Waals surface area contributed by atoms with Gasteiger partial charge in [0.1, 0.15) is 12.4 Å². The number of ether oxygens (including phenoxy) is 1. The Balaban J connectivity index is 0.00000294. The van der Waals surface area contributed by atoms with Crippen LogP contribution in [0.5, 0.6) is 0 Å². The first-order valence-electron chi connectivity index (χ1n) is 13.8. The lowest BCUT2D eigenvalue weighted by Crippen LogP contribution is -2.64. The Kier molecular flexibility index (Phi) is 7.87. The lowest BCUT2D eigenvalue weighted by atomic mass is 9.74. The van der Waals surface area contributed by atoms with E-state index in [4.69, 9.17) is 9.15 Å². The van der Waals surface area contributed by atoms with Crippen molar-refractivity contribution < 1.29 is 22.8 Å². The highest BCUT2D eigenvalue weighted by Crippen LogP contribution is 2.43. The summed E-state index contributed by atoms with van der Waals surface area (Å²) >= 11 is 0. The molecule has 38 heavy (non-hydrogen) atoms. The van der Waals surface area contributed by atoms with Gasteiger partial charge in [0.05, 0.1) is 18.5 Å². The molecule has 2 aromatic carbocycles. The van der Waals surface area contributed by atoms with Gasteiger partial charge in [-0.2, -0.15) is 0 Å². The van der Waals surface area contributed by atoms with Gasteiger partial charge in [0.2, 0.25) is 5.89 Å². The van der Waals surface area contributed by atoms with Crippen molar-refractivity contribution in [2.75, 3.05) is 19.6 Å². The maximum absolute atomic E-state index is 14.2. The number of rotatable bonds is 6. The molecule has 6 nitrogen and oxygen atoms in total. The number of halogens is 2. The average molecular weight is 541 g/mol. The van der Waals surface area contributed by atoms with Crippen molar-refractivity contribution in [2.45, 2.75) is 69.4 Å². The second kappa shape index (κ2) is 11.1. The van der Waals surface area contributed by atoms with E-state index in [2.05, 4.69) is 10.2 Å². The first kappa shape index (κ1) is 26.8. The van der Waals surface area contributed by atoms with Gasteiger partial charge in [0, 0.05) is 24.3 Å². The summed E-state index contributed by atoms with van der Waals surface area (Å²) in [5.41, 5.74) is 0.923. The molecule has 4 fully saturated rings. The van der Waals surface area contributed by atoms with Gasteiger partial charge in [-0.25, -0.2) is 4.39 Å². The predicted molar refractivity (Wildman–Crippen MR) is 144 cm³/mol. The van der Waals surface area contributed by atoms with Gasteiger partial charge in [-0.3, -0.25) is 4.79 Å². The zero-order valence-electron chi connectivity index (χ0n) is 21.7. The van der Waals surface area contributed by atoms with Crippen LogP contribution in [0.15, 0.2) is 59.0 Å². The number of hydrogen-bond donors (Lipinski definition) is 0. The fourth-order valence-corrected chi connectivity index (χ4v) is 6.86. The van der Waals surface area contributed by atoms with E-state index in [0.29, 0.717) is 24.2 Å². The van der Waals surface area contributed by atoms with Crippen molar-refractivity contribution in [2.24, 2.45) is 5.92 Å².